The van der Waals surface area contributed by atoms with Gasteiger partial charge < -0.3 is 14.8 Å². The number of rotatable bonds is 7. The second kappa shape index (κ2) is 8.21. The molecule has 8 heteroatoms. The zero-order valence-electron chi connectivity index (χ0n) is 15.8. The SMILES string of the molecule is CCCC(=O)OC[C@@H]1CC[C@H](n2cnc3c(NC4CCCC4)ncnc32)O1. The van der Waals surface area contributed by atoms with E-state index in [1.807, 2.05) is 11.5 Å². The lowest BCUT2D eigenvalue weighted by Crippen LogP contribution is -2.19. The molecule has 0 aromatic carbocycles. The first-order chi connectivity index (χ1) is 13.2. The summed E-state index contributed by atoms with van der Waals surface area (Å²) in [6, 6.07) is 0.471. The smallest absolute Gasteiger partial charge is 0.305 e. The fourth-order valence-corrected chi connectivity index (χ4v) is 3.91. The average molecular weight is 373 g/mol. The fraction of sp³-hybridized carbons (Fsp3) is 0.684. The van der Waals surface area contributed by atoms with Crippen LogP contribution in [0.2, 0.25) is 0 Å². The summed E-state index contributed by atoms with van der Waals surface area (Å²) in [5.74, 6) is 0.640. The highest BCUT2D eigenvalue weighted by Crippen LogP contribution is 2.32. The number of hydrogen-bond donors (Lipinski definition) is 1. The van der Waals surface area contributed by atoms with Crippen molar-refractivity contribution in [2.75, 3.05) is 11.9 Å². The summed E-state index contributed by atoms with van der Waals surface area (Å²) in [6.45, 7) is 2.27. The Kier molecular flexibility index (Phi) is 5.52. The van der Waals surface area contributed by atoms with Gasteiger partial charge in [0, 0.05) is 12.5 Å². The van der Waals surface area contributed by atoms with Crippen molar-refractivity contribution in [3.05, 3.63) is 12.7 Å². The molecule has 1 aliphatic carbocycles. The molecule has 2 aromatic rings. The van der Waals surface area contributed by atoms with Crippen LogP contribution in [0.15, 0.2) is 12.7 Å². The van der Waals surface area contributed by atoms with Gasteiger partial charge in [0.05, 0.1) is 12.4 Å². The van der Waals surface area contributed by atoms with Gasteiger partial charge in [-0.3, -0.25) is 9.36 Å². The molecule has 1 N–H and O–H groups in total. The van der Waals surface area contributed by atoms with Crippen molar-refractivity contribution < 1.29 is 14.3 Å². The molecule has 146 valence electrons. The minimum atomic E-state index is -0.159. The Morgan fingerprint density at radius 3 is 2.93 bits per heavy atom. The average Bonchev–Trinajstić information content (AvgIpc) is 3.41. The number of ether oxygens (including phenoxy) is 2. The maximum atomic E-state index is 11.5. The van der Waals surface area contributed by atoms with Crippen LogP contribution in [0.25, 0.3) is 11.2 Å². The van der Waals surface area contributed by atoms with E-state index in [-0.39, 0.29) is 18.3 Å². The van der Waals surface area contributed by atoms with Gasteiger partial charge in [-0.1, -0.05) is 19.8 Å². The fourth-order valence-electron chi connectivity index (χ4n) is 3.91. The zero-order chi connectivity index (χ0) is 18.6. The van der Waals surface area contributed by atoms with Crippen LogP contribution in [-0.4, -0.2) is 44.2 Å². The molecule has 0 spiro atoms. The van der Waals surface area contributed by atoms with Crippen molar-refractivity contribution in [3.8, 4) is 0 Å². The number of nitrogens with zero attached hydrogens (tertiary/aromatic N) is 4. The molecule has 0 bridgehead atoms. The number of nitrogens with one attached hydrogen (secondary N) is 1. The van der Waals surface area contributed by atoms with E-state index in [4.69, 9.17) is 9.47 Å². The quantitative estimate of drug-likeness (QED) is 0.745. The van der Waals surface area contributed by atoms with Crippen LogP contribution in [0.3, 0.4) is 0 Å². The number of aromatic nitrogens is 4. The molecule has 2 aromatic heterocycles. The van der Waals surface area contributed by atoms with E-state index in [1.165, 1.54) is 25.7 Å². The van der Waals surface area contributed by atoms with Crippen molar-refractivity contribution in [1.82, 2.24) is 19.5 Å². The second-order valence-electron chi connectivity index (χ2n) is 7.40. The van der Waals surface area contributed by atoms with E-state index < -0.39 is 0 Å². The van der Waals surface area contributed by atoms with Gasteiger partial charge in [0.2, 0.25) is 0 Å². The Morgan fingerprint density at radius 2 is 2.11 bits per heavy atom. The van der Waals surface area contributed by atoms with Crippen molar-refractivity contribution in [3.63, 3.8) is 0 Å². The van der Waals surface area contributed by atoms with Crippen molar-refractivity contribution in [2.45, 2.75) is 76.7 Å². The summed E-state index contributed by atoms with van der Waals surface area (Å²) in [4.78, 5) is 24.9. The van der Waals surface area contributed by atoms with E-state index in [1.54, 1.807) is 12.7 Å². The number of fused-ring (bicyclic) bond motifs is 1. The number of hydrogen-bond acceptors (Lipinski definition) is 7. The third kappa shape index (κ3) is 4.05. The lowest BCUT2D eigenvalue weighted by molar-refractivity contribution is -0.148. The molecule has 1 saturated carbocycles. The van der Waals surface area contributed by atoms with Gasteiger partial charge >= 0.3 is 5.97 Å². The van der Waals surface area contributed by atoms with E-state index in [2.05, 4.69) is 20.3 Å². The van der Waals surface area contributed by atoms with Gasteiger partial charge in [-0.2, -0.15) is 0 Å². The molecule has 0 radical (unpaired) electrons. The van der Waals surface area contributed by atoms with E-state index in [9.17, 15) is 4.79 Å². The predicted molar refractivity (Wildman–Crippen MR) is 100 cm³/mol. The maximum Gasteiger partial charge on any atom is 0.305 e. The summed E-state index contributed by atoms with van der Waals surface area (Å²) in [5, 5.41) is 3.52. The van der Waals surface area contributed by atoms with Crippen LogP contribution in [-0.2, 0) is 14.3 Å². The number of anilines is 1. The Labute approximate surface area is 158 Å². The lowest BCUT2D eigenvalue weighted by atomic mass is 10.2. The highest BCUT2D eigenvalue weighted by molar-refractivity contribution is 5.82. The molecule has 2 aliphatic rings. The molecule has 3 heterocycles. The molecule has 0 amide bonds. The van der Waals surface area contributed by atoms with E-state index in [0.29, 0.717) is 19.1 Å². The third-order valence-electron chi connectivity index (χ3n) is 5.33. The van der Waals surface area contributed by atoms with Crippen LogP contribution in [0.5, 0.6) is 0 Å². The Balaban J connectivity index is 1.43. The minimum absolute atomic E-state index is 0.0776. The minimum Gasteiger partial charge on any atom is -0.463 e. The molecule has 0 unspecified atom stereocenters. The predicted octanol–water partition coefficient (Wildman–Crippen LogP) is 3.20. The zero-order valence-corrected chi connectivity index (χ0v) is 15.8. The van der Waals surface area contributed by atoms with Gasteiger partial charge in [-0.25, -0.2) is 15.0 Å². The van der Waals surface area contributed by atoms with Crippen LogP contribution >= 0.6 is 0 Å². The molecule has 1 aliphatic heterocycles. The molecule has 27 heavy (non-hydrogen) atoms. The number of imidazole rings is 1. The summed E-state index contributed by atoms with van der Waals surface area (Å²) in [7, 11) is 0. The van der Waals surface area contributed by atoms with Gasteiger partial charge in [-0.05, 0) is 32.1 Å². The number of carbonyl (C=O) groups is 1. The first kappa shape index (κ1) is 18.2. The first-order valence-corrected chi connectivity index (χ1v) is 9.99. The monoisotopic (exact) mass is 373 g/mol. The molecule has 4 rings (SSSR count). The Bertz CT molecular complexity index is 787. The molecule has 2 atom stereocenters. The maximum absolute atomic E-state index is 11.5. The van der Waals surface area contributed by atoms with Crippen LogP contribution in [0.4, 0.5) is 5.82 Å². The van der Waals surface area contributed by atoms with Crippen LogP contribution in [0.1, 0.15) is 64.5 Å². The van der Waals surface area contributed by atoms with Gasteiger partial charge in [0.25, 0.3) is 0 Å². The van der Waals surface area contributed by atoms with Crippen LogP contribution < -0.4 is 5.32 Å². The Hall–Kier alpha value is -2.22. The molecule has 8 nitrogen and oxygen atoms in total. The number of carbonyl (C=O) groups excluding carboxylic acids is 1. The number of esters is 1. The second-order valence-corrected chi connectivity index (χ2v) is 7.40. The molecule has 1 saturated heterocycles. The Morgan fingerprint density at radius 1 is 1.26 bits per heavy atom. The first-order valence-electron chi connectivity index (χ1n) is 9.99. The third-order valence-corrected chi connectivity index (χ3v) is 5.33. The van der Waals surface area contributed by atoms with Crippen molar-refractivity contribution in [2.24, 2.45) is 0 Å². The van der Waals surface area contributed by atoms with Gasteiger partial charge in [0.1, 0.15) is 19.2 Å². The van der Waals surface area contributed by atoms with Crippen LogP contribution in [0, 0.1) is 0 Å². The van der Waals surface area contributed by atoms with Gasteiger partial charge in [0.15, 0.2) is 17.0 Å². The topological polar surface area (TPSA) is 91.2 Å². The lowest BCUT2D eigenvalue weighted by Gasteiger charge is -2.16. The van der Waals surface area contributed by atoms with Gasteiger partial charge in [-0.15, -0.1) is 0 Å². The van der Waals surface area contributed by atoms with E-state index >= 15 is 0 Å². The summed E-state index contributed by atoms with van der Waals surface area (Å²) in [6.07, 6.45) is 11.0. The highest BCUT2D eigenvalue weighted by Gasteiger charge is 2.29. The normalized spacial score (nSPS) is 23.1. The van der Waals surface area contributed by atoms with E-state index in [0.717, 1.165) is 36.2 Å². The molecular weight excluding hydrogens is 346 g/mol. The molecular formula is C19H27N5O3. The van der Waals surface area contributed by atoms with Crippen molar-refractivity contribution in [1.29, 1.82) is 0 Å². The standard InChI is InChI=1S/C19H27N5O3/c1-2-5-16(25)26-10-14-8-9-15(27-14)24-12-22-17-18(20-11-21-19(17)24)23-13-6-3-4-7-13/h11-15H,2-10H2,1H3,(H,20,21,23)/t14-,15+/m0/s1. The largest absolute Gasteiger partial charge is 0.463 e. The summed E-state index contributed by atoms with van der Waals surface area (Å²) >= 11 is 0. The summed E-state index contributed by atoms with van der Waals surface area (Å²) in [5.41, 5.74) is 1.56. The molecule has 2 fully saturated rings. The van der Waals surface area contributed by atoms with Crippen molar-refractivity contribution >= 4 is 23.0 Å². The summed E-state index contributed by atoms with van der Waals surface area (Å²) < 4.78 is 13.3. The highest BCUT2D eigenvalue weighted by atomic mass is 16.6.